The highest BCUT2D eigenvalue weighted by atomic mass is 19.2. The third-order valence-corrected chi connectivity index (χ3v) is 7.47. The van der Waals surface area contributed by atoms with Crippen LogP contribution in [0.5, 0.6) is 0 Å². The summed E-state index contributed by atoms with van der Waals surface area (Å²) < 4.78 is 32.4. The molecule has 10 heteroatoms. The number of benzene rings is 2. The standard InChI is InChI=1S/C29H33F2N5O3/c1-3-32-36(21-6-12-39-13-7-21)27-17-28(37)33-26-14-19(2)22(16-23(26)27)29(38)35-10-8-34(9-11-35)18-20-4-5-24(30)25(31)15-20/h3-5,14-17,21H,6-13,18H2,1-2H3,(H,33,37)/b32-3-. The van der Waals surface area contributed by atoms with Gasteiger partial charge in [0.05, 0.1) is 17.2 Å². The average Bonchev–Trinajstić information content (AvgIpc) is 2.93. The molecule has 8 nitrogen and oxygen atoms in total. The lowest BCUT2D eigenvalue weighted by Crippen LogP contribution is -2.48. The predicted octanol–water partition coefficient (Wildman–Crippen LogP) is 4.06. The summed E-state index contributed by atoms with van der Waals surface area (Å²) in [6.45, 7) is 7.76. The molecule has 2 aliphatic heterocycles. The van der Waals surface area contributed by atoms with E-state index in [-0.39, 0.29) is 17.5 Å². The second-order valence-electron chi connectivity index (χ2n) is 10.1. The maximum Gasteiger partial charge on any atom is 0.254 e. The molecule has 2 saturated heterocycles. The van der Waals surface area contributed by atoms with Crippen LogP contribution in [0.4, 0.5) is 14.5 Å². The number of hydrazone groups is 1. The molecule has 2 aliphatic rings. The van der Waals surface area contributed by atoms with E-state index in [0.717, 1.165) is 29.9 Å². The zero-order valence-corrected chi connectivity index (χ0v) is 22.3. The number of piperazine rings is 1. The number of anilines is 1. The number of amides is 1. The van der Waals surface area contributed by atoms with Crippen LogP contribution in [0.15, 0.2) is 46.3 Å². The van der Waals surface area contributed by atoms with Crippen LogP contribution in [0, 0.1) is 18.6 Å². The Kier molecular flexibility index (Phi) is 8.04. The number of aromatic amines is 1. The molecule has 0 aliphatic carbocycles. The number of nitrogens with zero attached hydrogens (tertiary/aromatic N) is 4. The molecule has 0 bridgehead atoms. The number of rotatable bonds is 6. The lowest BCUT2D eigenvalue weighted by atomic mass is 10.0. The van der Waals surface area contributed by atoms with Gasteiger partial charge in [0.1, 0.15) is 0 Å². The summed E-state index contributed by atoms with van der Waals surface area (Å²) in [5.74, 6) is -1.78. The smallest absolute Gasteiger partial charge is 0.254 e. The van der Waals surface area contributed by atoms with Crippen molar-refractivity contribution in [3.63, 3.8) is 0 Å². The molecule has 0 atom stereocenters. The van der Waals surface area contributed by atoms with Gasteiger partial charge in [0, 0.05) is 69.2 Å². The van der Waals surface area contributed by atoms with Crippen molar-refractivity contribution >= 4 is 28.7 Å². The monoisotopic (exact) mass is 537 g/mol. The van der Waals surface area contributed by atoms with Gasteiger partial charge in [-0.1, -0.05) is 6.07 Å². The first-order chi connectivity index (χ1) is 18.8. The Morgan fingerprint density at radius 1 is 1.10 bits per heavy atom. The third-order valence-electron chi connectivity index (χ3n) is 7.47. The molecular formula is C29H33F2N5O3. The van der Waals surface area contributed by atoms with E-state index in [9.17, 15) is 18.4 Å². The summed E-state index contributed by atoms with van der Waals surface area (Å²) >= 11 is 0. The molecule has 2 fully saturated rings. The Labute approximate surface area is 225 Å². The van der Waals surface area contributed by atoms with Crippen molar-refractivity contribution in [3.05, 3.63) is 75.1 Å². The van der Waals surface area contributed by atoms with Gasteiger partial charge in [-0.05, 0) is 62.1 Å². The molecular weight excluding hydrogens is 504 g/mol. The van der Waals surface area contributed by atoms with Gasteiger partial charge in [0.15, 0.2) is 11.6 Å². The molecule has 1 amide bonds. The zero-order valence-electron chi connectivity index (χ0n) is 22.3. The molecule has 5 rings (SSSR count). The van der Waals surface area contributed by atoms with Gasteiger partial charge in [-0.15, -0.1) is 0 Å². The predicted molar refractivity (Wildman–Crippen MR) is 147 cm³/mol. The number of H-pyrrole nitrogens is 1. The minimum Gasteiger partial charge on any atom is -0.381 e. The summed E-state index contributed by atoms with van der Waals surface area (Å²) in [5.41, 5.74) is 3.16. The minimum atomic E-state index is -0.857. The number of hydrogen-bond acceptors (Lipinski definition) is 6. The van der Waals surface area contributed by atoms with E-state index >= 15 is 0 Å². The Bertz CT molecular complexity index is 1440. The van der Waals surface area contributed by atoms with Gasteiger partial charge in [0.25, 0.3) is 11.5 Å². The first kappa shape index (κ1) is 27.0. The molecule has 3 heterocycles. The lowest BCUT2D eigenvalue weighted by molar-refractivity contribution is 0.0628. The molecule has 0 saturated carbocycles. The number of aromatic nitrogens is 1. The molecule has 206 valence electrons. The molecule has 1 aromatic heterocycles. The lowest BCUT2D eigenvalue weighted by Gasteiger charge is -2.35. The van der Waals surface area contributed by atoms with E-state index in [2.05, 4.69) is 15.0 Å². The number of ether oxygens (including phenoxy) is 1. The Morgan fingerprint density at radius 2 is 1.85 bits per heavy atom. The first-order valence-electron chi connectivity index (χ1n) is 13.3. The molecule has 3 aromatic rings. The number of nitrogens with one attached hydrogen (secondary N) is 1. The van der Waals surface area contributed by atoms with Crippen molar-refractivity contribution in [1.29, 1.82) is 0 Å². The van der Waals surface area contributed by atoms with Crippen LogP contribution >= 0.6 is 0 Å². The van der Waals surface area contributed by atoms with Crippen molar-refractivity contribution in [3.8, 4) is 0 Å². The Balaban J connectivity index is 1.38. The van der Waals surface area contributed by atoms with Crippen LogP contribution in [0.1, 0.15) is 41.3 Å². The van der Waals surface area contributed by atoms with Gasteiger partial charge in [-0.3, -0.25) is 19.5 Å². The maximum atomic E-state index is 13.7. The quantitative estimate of drug-likeness (QED) is 0.379. The maximum absolute atomic E-state index is 13.7. The van der Waals surface area contributed by atoms with Crippen LogP contribution in [0.3, 0.4) is 0 Å². The second-order valence-corrected chi connectivity index (χ2v) is 10.1. The molecule has 0 spiro atoms. The Hall–Kier alpha value is -3.63. The van der Waals surface area contributed by atoms with Crippen LogP contribution < -0.4 is 10.6 Å². The van der Waals surface area contributed by atoms with Gasteiger partial charge >= 0.3 is 0 Å². The van der Waals surface area contributed by atoms with Gasteiger partial charge in [0.2, 0.25) is 0 Å². The molecule has 0 unspecified atom stereocenters. The normalized spacial score (nSPS) is 17.3. The van der Waals surface area contributed by atoms with E-state index in [1.807, 2.05) is 35.9 Å². The van der Waals surface area contributed by atoms with E-state index in [1.165, 1.54) is 6.07 Å². The van der Waals surface area contributed by atoms with E-state index in [0.29, 0.717) is 68.3 Å². The van der Waals surface area contributed by atoms with E-state index < -0.39 is 11.6 Å². The highest BCUT2D eigenvalue weighted by molar-refractivity contribution is 6.02. The van der Waals surface area contributed by atoms with Gasteiger partial charge in [-0.2, -0.15) is 5.10 Å². The van der Waals surface area contributed by atoms with Crippen molar-refractivity contribution in [2.45, 2.75) is 39.3 Å². The highest BCUT2D eigenvalue weighted by Gasteiger charge is 2.27. The second kappa shape index (κ2) is 11.6. The van der Waals surface area contributed by atoms with Crippen molar-refractivity contribution in [2.75, 3.05) is 44.4 Å². The fraction of sp³-hybridized carbons (Fsp3) is 0.414. The summed E-state index contributed by atoms with van der Waals surface area (Å²) in [6, 6.07) is 9.30. The highest BCUT2D eigenvalue weighted by Crippen LogP contribution is 2.31. The fourth-order valence-corrected chi connectivity index (χ4v) is 5.40. The number of carbonyl (C=O) groups excluding carboxylic acids is 1. The largest absolute Gasteiger partial charge is 0.381 e. The SMILES string of the molecule is C/C=N\N(c1cc(=O)[nH]c2cc(C)c(C(=O)N3CCN(Cc4ccc(F)c(F)c4)CC3)cc12)C1CCOCC1. The van der Waals surface area contributed by atoms with E-state index in [4.69, 9.17) is 4.74 Å². The summed E-state index contributed by atoms with van der Waals surface area (Å²) in [4.78, 5) is 33.1. The number of fused-ring (bicyclic) bond motifs is 1. The van der Waals surface area contributed by atoms with Crippen LogP contribution in [-0.4, -0.2) is 72.3 Å². The molecule has 39 heavy (non-hydrogen) atoms. The Morgan fingerprint density at radius 3 is 2.54 bits per heavy atom. The van der Waals surface area contributed by atoms with Crippen molar-refractivity contribution in [1.82, 2.24) is 14.8 Å². The number of pyridine rings is 1. The van der Waals surface area contributed by atoms with Gasteiger partial charge < -0.3 is 14.6 Å². The van der Waals surface area contributed by atoms with Crippen molar-refractivity contribution < 1.29 is 18.3 Å². The average molecular weight is 538 g/mol. The third kappa shape index (κ3) is 5.86. The first-order valence-corrected chi connectivity index (χ1v) is 13.3. The van der Waals surface area contributed by atoms with Crippen LogP contribution in [0.2, 0.25) is 0 Å². The van der Waals surface area contributed by atoms with E-state index in [1.54, 1.807) is 18.3 Å². The number of halogens is 2. The fourth-order valence-electron chi connectivity index (χ4n) is 5.40. The minimum absolute atomic E-state index is 0.0735. The molecule has 2 aromatic carbocycles. The van der Waals surface area contributed by atoms with Crippen LogP contribution in [-0.2, 0) is 11.3 Å². The summed E-state index contributed by atoms with van der Waals surface area (Å²) in [7, 11) is 0. The van der Waals surface area contributed by atoms with Crippen molar-refractivity contribution in [2.24, 2.45) is 5.10 Å². The number of hydrogen-bond donors (Lipinski definition) is 1. The van der Waals surface area contributed by atoms with Gasteiger partial charge in [-0.25, -0.2) is 8.78 Å². The molecule has 1 N–H and O–H groups in total. The zero-order chi connectivity index (χ0) is 27.5. The summed E-state index contributed by atoms with van der Waals surface area (Å²) in [6.07, 6.45) is 3.29. The molecule has 0 radical (unpaired) electrons. The number of aryl methyl sites for hydroxylation is 1. The topological polar surface area (TPSA) is 81.2 Å². The summed E-state index contributed by atoms with van der Waals surface area (Å²) in [5, 5.41) is 7.26. The number of carbonyl (C=O) groups is 1. The van der Waals surface area contributed by atoms with Crippen LogP contribution in [0.25, 0.3) is 10.9 Å².